The van der Waals surface area contributed by atoms with Crippen LogP contribution >= 0.6 is 18.6 Å². The first-order valence-electron chi connectivity index (χ1n) is 9.86. The summed E-state index contributed by atoms with van der Waals surface area (Å²) >= 11 is 1.67. The molecule has 0 bridgehead atoms. The molecule has 0 amide bonds. The van der Waals surface area contributed by atoms with Crippen molar-refractivity contribution in [3.8, 4) is 0 Å². The third-order valence-electron chi connectivity index (χ3n) is 5.36. The van der Waals surface area contributed by atoms with E-state index >= 15 is 0 Å². The van der Waals surface area contributed by atoms with Crippen molar-refractivity contribution in [3.05, 3.63) is 120 Å². The average molecular weight is 464 g/mol. The van der Waals surface area contributed by atoms with Gasteiger partial charge in [0, 0.05) is 6.07 Å². The van der Waals surface area contributed by atoms with E-state index in [0.29, 0.717) is 0 Å². The highest BCUT2D eigenvalue weighted by Gasteiger charge is 2.46. The Morgan fingerprint density at radius 2 is 1.16 bits per heavy atom. The first kappa shape index (κ1) is 21.6. The van der Waals surface area contributed by atoms with Crippen LogP contribution in [0.3, 0.4) is 0 Å². The predicted molar refractivity (Wildman–Crippen MR) is 128 cm³/mol. The van der Waals surface area contributed by atoms with Crippen LogP contribution < -0.4 is 28.3 Å². The Balaban J connectivity index is 0.00000231. The Bertz CT molecular complexity index is 1180. The van der Waals surface area contributed by atoms with Gasteiger partial charge in [0.05, 0.1) is 10.2 Å². The molecule has 5 heteroatoms. The van der Waals surface area contributed by atoms with Crippen molar-refractivity contribution in [2.75, 3.05) is 0 Å². The van der Waals surface area contributed by atoms with Crippen molar-refractivity contribution in [3.63, 3.8) is 0 Å². The normalized spacial score (nSPS) is 11.3. The summed E-state index contributed by atoms with van der Waals surface area (Å²) in [4.78, 5) is 4.84. The summed E-state index contributed by atoms with van der Waals surface area (Å²) in [7, 11) is -1.99. The molecule has 0 fully saturated rings. The minimum Gasteiger partial charge on any atom is -1.00 e. The van der Waals surface area contributed by atoms with Gasteiger partial charge in [0.1, 0.15) is 40.2 Å². The van der Waals surface area contributed by atoms with Crippen LogP contribution in [-0.2, 0) is 6.16 Å². The number of fused-ring (bicyclic) bond motifs is 1. The van der Waals surface area contributed by atoms with Crippen molar-refractivity contribution in [2.45, 2.75) is 6.16 Å². The number of halogens is 2. The van der Waals surface area contributed by atoms with Crippen LogP contribution in [-0.4, -0.2) is 4.98 Å². The molecule has 1 nitrogen and oxygen atoms in total. The van der Waals surface area contributed by atoms with Crippen LogP contribution in [0, 0.1) is 5.82 Å². The summed E-state index contributed by atoms with van der Waals surface area (Å²) in [6.07, 6.45) is 0.812. The number of aromatic nitrogens is 1. The minimum absolute atomic E-state index is 0. The lowest BCUT2D eigenvalue weighted by molar-refractivity contribution is -0.00000639. The summed E-state index contributed by atoms with van der Waals surface area (Å²) in [6, 6.07) is 37.2. The summed E-state index contributed by atoms with van der Waals surface area (Å²) in [5.74, 6) is -0.241. The Morgan fingerprint density at radius 1 is 0.677 bits per heavy atom. The maximum atomic E-state index is 13.8. The summed E-state index contributed by atoms with van der Waals surface area (Å²) < 4.78 is 14.8. The van der Waals surface area contributed by atoms with Gasteiger partial charge in [-0.2, -0.15) is 0 Å². The monoisotopic (exact) mass is 463 g/mol. The van der Waals surface area contributed by atoms with E-state index < -0.39 is 7.26 Å². The van der Waals surface area contributed by atoms with E-state index in [2.05, 4.69) is 91.0 Å². The summed E-state index contributed by atoms with van der Waals surface area (Å²) in [6.45, 7) is 0. The molecular formula is C26H20ClFNPS. The second-order valence-corrected chi connectivity index (χ2v) is 11.8. The molecule has 0 unspecified atom stereocenters. The highest BCUT2D eigenvalue weighted by Crippen LogP contribution is 2.58. The average Bonchev–Trinajstić information content (AvgIpc) is 3.20. The molecule has 0 aliphatic carbocycles. The van der Waals surface area contributed by atoms with E-state index in [-0.39, 0.29) is 18.2 Å². The van der Waals surface area contributed by atoms with Crippen molar-refractivity contribution in [1.29, 1.82) is 0 Å². The fourth-order valence-corrected chi connectivity index (χ4v) is 9.53. The molecule has 154 valence electrons. The van der Waals surface area contributed by atoms with Crippen molar-refractivity contribution in [1.82, 2.24) is 4.98 Å². The number of hydrogen-bond donors (Lipinski definition) is 0. The lowest BCUT2D eigenvalue weighted by atomic mass is 10.3. The molecule has 4 aromatic carbocycles. The van der Waals surface area contributed by atoms with Crippen molar-refractivity contribution in [2.24, 2.45) is 0 Å². The maximum Gasteiger partial charge on any atom is 0.132 e. The van der Waals surface area contributed by atoms with E-state index in [1.165, 1.54) is 28.0 Å². The zero-order valence-corrected chi connectivity index (χ0v) is 19.1. The molecule has 0 spiro atoms. The van der Waals surface area contributed by atoms with Gasteiger partial charge in [0.2, 0.25) is 0 Å². The van der Waals surface area contributed by atoms with E-state index in [1.54, 1.807) is 11.3 Å². The van der Waals surface area contributed by atoms with Gasteiger partial charge in [-0.05, 0) is 48.5 Å². The molecule has 1 heterocycles. The zero-order valence-electron chi connectivity index (χ0n) is 16.7. The van der Waals surface area contributed by atoms with Gasteiger partial charge in [0.15, 0.2) is 0 Å². The molecule has 0 saturated heterocycles. The van der Waals surface area contributed by atoms with E-state index in [9.17, 15) is 4.39 Å². The quantitative estimate of drug-likeness (QED) is 0.365. The van der Waals surface area contributed by atoms with Crippen molar-refractivity contribution >= 4 is 44.7 Å². The molecular weight excluding hydrogens is 444 g/mol. The van der Waals surface area contributed by atoms with Gasteiger partial charge in [0.25, 0.3) is 0 Å². The maximum absolute atomic E-state index is 13.8. The van der Waals surface area contributed by atoms with Gasteiger partial charge in [-0.15, -0.1) is 11.3 Å². The second-order valence-electron chi connectivity index (χ2n) is 7.19. The Labute approximate surface area is 192 Å². The third-order valence-corrected chi connectivity index (χ3v) is 10.9. The highest BCUT2D eigenvalue weighted by atomic mass is 35.5. The standard InChI is InChI=1S/C26H20FNPS.ClH/c27-20-16-17-25-24(18-20)28-26(30-25)19-29(21-10-4-1-5-11-21,22-12-6-2-7-13-22)23-14-8-3-9-15-23;/h1-18H,19H2;1H/q+1;/p-1. The zero-order chi connectivity index (χ0) is 20.4. The van der Waals surface area contributed by atoms with Crippen molar-refractivity contribution < 1.29 is 16.8 Å². The van der Waals surface area contributed by atoms with Crippen LogP contribution in [0.15, 0.2) is 109 Å². The SMILES string of the molecule is Fc1ccc2sc(C[P+](c3ccccc3)(c3ccccc3)c3ccccc3)nc2c1.[Cl-]. The van der Waals surface area contributed by atoms with E-state index in [1.807, 2.05) is 6.07 Å². The van der Waals surface area contributed by atoms with Gasteiger partial charge in [-0.1, -0.05) is 54.6 Å². The number of rotatable bonds is 5. The molecule has 0 saturated carbocycles. The molecule has 31 heavy (non-hydrogen) atoms. The van der Waals surface area contributed by atoms with Crippen LogP contribution in [0.2, 0.25) is 0 Å². The summed E-state index contributed by atoms with van der Waals surface area (Å²) in [5.41, 5.74) is 0.738. The number of thiazole rings is 1. The third kappa shape index (κ3) is 4.14. The molecule has 1 aromatic heterocycles. The van der Waals surface area contributed by atoms with Gasteiger partial charge in [-0.3, -0.25) is 0 Å². The lowest BCUT2D eigenvalue weighted by Crippen LogP contribution is -3.00. The molecule has 0 N–H and O–H groups in total. The number of nitrogens with zero attached hydrogens (tertiary/aromatic N) is 1. The fraction of sp³-hybridized carbons (Fsp3) is 0.0385. The molecule has 5 aromatic rings. The Morgan fingerprint density at radius 3 is 1.65 bits per heavy atom. The molecule has 5 rings (SSSR count). The van der Waals surface area contributed by atoms with Crippen LogP contribution in [0.25, 0.3) is 10.2 Å². The first-order valence-corrected chi connectivity index (χ1v) is 12.6. The van der Waals surface area contributed by atoms with Gasteiger partial charge in [-0.25, -0.2) is 9.37 Å². The Kier molecular flexibility index (Phi) is 6.48. The largest absolute Gasteiger partial charge is 1.00 e. The lowest BCUT2D eigenvalue weighted by Gasteiger charge is -2.26. The predicted octanol–water partition coefficient (Wildman–Crippen LogP) is 2.93. The van der Waals surface area contributed by atoms with Gasteiger partial charge < -0.3 is 12.4 Å². The summed E-state index contributed by atoms with van der Waals surface area (Å²) in [5, 5.41) is 5.02. The smallest absolute Gasteiger partial charge is 0.132 e. The molecule has 0 aliphatic rings. The fourth-order valence-electron chi connectivity index (χ4n) is 3.99. The molecule has 0 radical (unpaired) electrons. The van der Waals surface area contributed by atoms with E-state index in [0.717, 1.165) is 21.4 Å². The number of benzene rings is 4. The van der Waals surface area contributed by atoms with E-state index in [4.69, 9.17) is 4.98 Å². The van der Waals surface area contributed by atoms with Crippen LogP contribution in [0.4, 0.5) is 4.39 Å². The highest BCUT2D eigenvalue weighted by molar-refractivity contribution is 7.95. The van der Waals surface area contributed by atoms with Gasteiger partial charge >= 0.3 is 0 Å². The topological polar surface area (TPSA) is 12.9 Å². The minimum atomic E-state index is -1.99. The van der Waals surface area contributed by atoms with Crippen LogP contribution in [0.5, 0.6) is 0 Å². The first-order chi connectivity index (χ1) is 14.8. The molecule has 0 atom stereocenters. The second kappa shape index (κ2) is 9.28. The molecule has 0 aliphatic heterocycles. The van der Waals surface area contributed by atoms with Crippen LogP contribution in [0.1, 0.15) is 5.01 Å². The Hall–Kier alpha value is -2.58. The number of hydrogen-bond acceptors (Lipinski definition) is 2.